The van der Waals surface area contributed by atoms with E-state index in [1.165, 1.54) is 0 Å². The lowest BCUT2D eigenvalue weighted by atomic mass is 10.1. The predicted octanol–water partition coefficient (Wildman–Crippen LogP) is 0.641. The van der Waals surface area contributed by atoms with Gasteiger partial charge in [-0.05, 0) is 0 Å². The molecule has 0 aliphatic rings. The molecule has 0 bridgehead atoms. The van der Waals surface area contributed by atoms with Gasteiger partial charge in [-0.1, -0.05) is 0 Å². The van der Waals surface area contributed by atoms with Crippen LogP contribution in [0.1, 0.15) is 10.4 Å². The average Bonchev–Trinajstić information content (AvgIpc) is 2.44. The van der Waals surface area contributed by atoms with Gasteiger partial charge in [0.25, 0.3) is 0 Å². The zero-order valence-corrected chi connectivity index (χ0v) is 10.5. The van der Waals surface area contributed by atoms with Crippen molar-refractivity contribution in [3.63, 3.8) is 0 Å². The average molecular weight is 317 g/mol. The fourth-order valence-electron chi connectivity index (χ4n) is 1.08. The second kappa shape index (κ2) is 9.21. The first kappa shape index (κ1) is 19.2. The minimum Gasteiger partial charge on any atom is -0.477 e. The molecule has 0 amide bonds. The number of hydrogen-bond donors (Lipinski definition) is 4. The smallest absolute Gasteiger partial charge is 0.341 e. The van der Waals surface area contributed by atoms with Gasteiger partial charge in [0.1, 0.15) is 5.56 Å². The van der Waals surface area contributed by atoms with Crippen LogP contribution < -0.4 is 5.32 Å². The van der Waals surface area contributed by atoms with Gasteiger partial charge < -0.3 is 20.6 Å². The topological polar surface area (TPSA) is 89.8 Å². The maximum atomic E-state index is 12.6. The number of benzene rings is 1. The number of halogens is 5. The summed E-state index contributed by atoms with van der Waals surface area (Å²) in [6.45, 7) is 1.42. The van der Waals surface area contributed by atoms with E-state index >= 15 is 0 Å². The largest absolute Gasteiger partial charge is 0.477 e. The summed E-state index contributed by atoms with van der Waals surface area (Å²) in [6.07, 6.45) is 0. The Balaban J connectivity index is 0.000000486. The Kier molecular flexibility index (Phi) is 8.43. The van der Waals surface area contributed by atoms with E-state index in [0.29, 0.717) is 13.1 Å². The van der Waals surface area contributed by atoms with Crippen LogP contribution in [-0.2, 0) is 0 Å². The van der Waals surface area contributed by atoms with Crippen molar-refractivity contribution in [1.82, 2.24) is 5.32 Å². The van der Waals surface area contributed by atoms with Gasteiger partial charge in [0.2, 0.25) is 5.82 Å². The van der Waals surface area contributed by atoms with Crippen LogP contribution in [0.25, 0.3) is 0 Å². The number of aromatic carboxylic acids is 1. The number of rotatable bonds is 5. The Hall–Kier alpha value is -1.78. The van der Waals surface area contributed by atoms with Gasteiger partial charge in [-0.25, -0.2) is 26.7 Å². The van der Waals surface area contributed by atoms with Gasteiger partial charge in [0.05, 0.1) is 13.2 Å². The molecule has 0 aromatic heterocycles. The van der Waals surface area contributed by atoms with Crippen LogP contribution in [0.3, 0.4) is 0 Å². The summed E-state index contributed by atoms with van der Waals surface area (Å²) in [4.78, 5) is 10.1. The van der Waals surface area contributed by atoms with Gasteiger partial charge in [0, 0.05) is 13.1 Å². The first-order chi connectivity index (χ1) is 9.79. The minimum absolute atomic E-state index is 0.139. The third-order valence-electron chi connectivity index (χ3n) is 2.00. The van der Waals surface area contributed by atoms with Crippen LogP contribution >= 0.6 is 0 Å². The zero-order chi connectivity index (χ0) is 16.6. The molecule has 21 heavy (non-hydrogen) atoms. The highest BCUT2D eigenvalue weighted by Gasteiger charge is 2.29. The van der Waals surface area contributed by atoms with Crippen molar-refractivity contribution in [3.8, 4) is 0 Å². The van der Waals surface area contributed by atoms with Gasteiger partial charge in [-0.15, -0.1) is 0 Å². The summed E-state index contributed by atoms with van der Waals surface area (Å²) in [5.74, 6) is -13.9. The molecule has 1 aromatic carbocycles. The number of hydrogen-bond acceptors (Lipinski definition) is 4. The van der Waals surface area contributed by atoms with E-state index in [1.807, 2.05) is 0 Å². The van der Waals surface area contributed by atoms with E-state index in [4.69, 9.17) is 15.3 Å². The lowest BCUT2D eigenvalue weighted by molar-refractivity contribution is 0.0682. The molecule has 0 saturated carbocycles. The van der Waals surface area contributed by atoms with E-state index in [1.54, 1.807) is 0 Å². The molecule has 0 atom stereocenters. The minimum atomic E-state index is -2.38. The van der Waals surface area contributed by atoms with Crippen molar-refractivity contribution < 1.29 is 42.1 Å². The quantitative estimate of drug-likeness (QED) is 0.277. The number of aliphatic hydroxyl groups excluding tert-OH is 2. The summed E-state index contributed by atoms with van der Waals surface area (Å²) < 4.78 is 62.1. The third kappa shape index (κ3) is 5.25. The molecule has 5 nitrogen and oxygen atoms in total. The normalized spacial score (nSPS) is 10.0. The SMILES string of the molecule is O=C(O)c1c(F)c(F)c(F)c(F)c1F.OCCNCCO. The van der Waals surface area contributed by atoms with Crippen molar-refractivity contribution in [2.45, 2.75) is 0 Å². The van der Waals surface area contributed by atoms with E-state index in [0.717, 1.165) is 0 Å². The molecule has 0 spiro atoms. The Morgan fingerprint density at radius 2 is 1.14 bits per heavy atom. The van der Waals surface area contributed by atoms with Crippen molar-refractivity contribution >= 4 is 5.97 Å². The lowest BCUT2D eigenvalue weighted by Gasteiger charge is -2.03. The summed E-state index contributed by atoms with van der Waals surface area (Å²) in [7, 11) is 0. The Morgan fingerprint density at radius 1 is 0.810 bits per heavy atom. The van der Waals surface area contributed by atoms with E-state index in [-0.39, 0.29) is 13.2 Å². The van der Waals surface area contributed by atoms with Crippen molar-refractivity contribution in [1.29, 1.82) is 0 Å². The second-order valence-electron chi connectivity index (χ2n) is 3.45. The molecule has 0 aliphatic carbocycles. The van der Waals surface area contributed by atoms with E-state index < -0.39 is 40.6 Å². The molecule has 1 aromatic rings. The van der Waals surface area contributed by atoms with E-state index in [2.05, 4.69) is 5.32 Å². The Labute approximate surface area is 115 Å². The van der Waals surface area contributed by atoms with Crippen LogP contribution in [-0.4, -0.2) is 47.6 Å². The maximum absolute atomic E-state index is 12.6. The molecule has 120 valence electrons. The first-order valence-corrected chi connectivity index (χ1v) is 5.46. The Bertz CT molecular complexity index is 465. The molecule has 0 unspecified atom stereocenters. The predicted molar refractivity (Wildman–Crippen MR) is 60.2 cm³/mol. The maximum Gasteiger partial charge on any atom is 0.341 e. The second-order valence-corrected chi connectivity index (χ2v) is 3.45. The van der Waals surface area contributed by atoms with Gasteiger partial charge >= 0.3 is 5.97 Å². The molecular formula is C11H12F5NO4. The number of carboxylic acid groups (broad SMARTS) is 1. The van der Waals surface area contributed by atoms with Gasteiger partial charge in [0.15, 0.2) is 23.3 Å². The fourth-order valence-corrected chi connectivity index (χ4v) is 1.08. The van der Waals surface area contributed by atoms with Gasteiger partial charge in [-0.3, -0.25) is 0 Å². The van der Waals surface area contributed by atoms with Crippen LogP contribution in [0.5, 0.6) is 0 Å². The zero-order valence-electron chi connectivity index (χ0n) is 10.5. The monoisotopic (exact) mass is 317 g/mol. The fraction of sp³-hybridized carbons (Fsp3) is 0.364. The molecular weight excluding hydrogens is 305 g/mol. The van der Waals surface area contributed by atoms with Crippen LogP contribution in [0.2, 0.25) is 0 Å². The summed E-state index contributed by atoms with van der Waals surface area (Å²) in [5.41, 5.74) is -1.86. The molecule has 0 fully saturated rings. The summed E-state index contributed by atoms with van der Waals surface area (Å²) >= 11 is 0. The third-order valence-corrected chi connectivity index (χ3v) is 2.00. The summed E-state index contributed by atoms with van der Waals surface area (Å²) in [6, 6.07) is 0. The highest BCUT2D eigenvalue weighted by molar-refractivity contribution is 5.88. The van der Waals surface area contributed by atoms with Crippen molar-refractivity contribution in [2.24, 2.45) is 0 Å². The molecule has 1 rings (SSSR count). The standard InChI is InChI=1S/C7HF5O2.C4H11NO2/c8-2-1(7(13)14)3(9)5(11)6(12)4(2)10;6-3-1-5-2-4-7/h(H,13,14);5-7H,1-4H2. The highest BCUT2D eigenvalue weighted by atomic mass is 19.2. The number of carboxylic acids is 1. The number of aliphatic hydroxyl groups is 2. The molecule has 10 heteroatoms. The van der Waals surface area contributed by atoms with Gasteiger partial charge in [-0.2, -0.15) is 0 Å². The summed E-state index contributed by atoms with van der Waals surface area (Å²) in [5, 5.41) is 27.2. The lowest BCUT2D eigenvalue weighted by Crippen LogP contribution is -2.21. The number of nitrogens with one attached hydrogen (secondary N) is 1. The molecule has 0 aliphatic heterocycles. The molecule has 0 radical (unpaired) electrons. The molecule has 4 N–H and O–H groups in total. The Morgan fingerprint density at radius 3 is 1.43 bits per heavy atom. The van der Waals surface area contributed by atoms with E-state index in [9.17, 15) is 26.7 Å². The highest BCUT2D eigenvalue weighted by Crippen LogP contribution is 2.22. The molecule has 0 heterocycles. The van der Waals surface area contributed by atoms with Crippen molar-refractivity contribution in [2.75, 3.05) is 26.3 Å². The van der Waals surface area contributed by atoms with Crippen LogP contribution in [0, 0.1) is 29.1 Å². The first-order valence-electron chi connectivity index (χ1n) is 5.46. The van der Waals surface area contributed by atoms with Crippen molar-refractivity contribution in [3.05, 3.63) is 34.6 Å². The molecule has 0 saturated heterocycles. The van der Waals surface area contributed by atoms with Crippen LogP contribution in [0.4, 0.5) is 22.0 Å². The number of carbonyl (C=O) groups is 1. The van der Waals surface area contributed by atoms with Crippen LogP contribution in [0.15, 0.2) is 0 Å².